The van der Waals surface area contributed by atoms with E-state index in [1.165, 1.54) is 0 Å². The molecule has 1 aromatic carbocycles. The molecular weight excluding hydrogens is 621 g/mol. The molecule has 3 fully saturated rings. The molecule has 0 amide bonds. The average Bonchev–Trinajstić information content (AvgIpc) is 3.66. The van der Waals surface area contributed by atoms with Crippen LogP contribution in [0, 0.1) is 5.82 Å². The Hall–Kier alpha value is -3.23. The van der Waals surface area contributed by atoms with Crippen LogP contribution >= 0.6 is 11.6 Å². The van der Waals surface area contributed by atoms with Gasteiger partial charge in [-0.25, -0.2) is 13.8 Å². The molecule has 3 aromatic rings. The Bertz CT molecular complexity index is 1640. The van der Waals surface area contributed by atoms with Crippen molar-refractivity contribution in [3.8, 4) is 23.1 Å². The van der Waals surface area contributed by atoms with Crippen molar-refractivity contribution in [2.45, 2.75) is 68.6 Å². The monoisotopic (exact) mass is 653 g/mol. The zero-order chi connectivity index (χ0) is 31.7. The number of aromatic nitrogens is 3. The molecule has 5 heterocycles. The van der Waals surface area contributed by atoms with Crippen molar-refractivity contribution in [1.29, 1.82) is 0 Å². The van der Waals surface area contributed by atoms with Crippen LogP contribution in [-0.4, -0.2) is 83.5 Å². The van der Waals surface area contributed by atoms with Crippen molar-refractivity contribution in [3.05, 3.63) is 28.5 Å². The molecule has 4 aliphatic rings. The fourth-order valence-electron chi connectivity index (χ4n) is 7.55. The summed E-state index contributed by atoms with van der Waals surface area (Å²) >= 11 is 6.03. The van der Waals surface area contributed by atoms with Gasteiger partial charge in [0.2, 0.25) is 5.88 Å². The van der Waals surface area contributed by atoms with Crippen LogP contribution in [-0.2, 0) is 6.18 Å². The van der Waals surface area contributed by atoms with Gasteiger partial charge in [-0.05, 0) is 51.4 Å². The molecule has 0 radical (unpaired) electrons. The van der Waals surface area contributed by atoms with Gasteiger partial charge in [0.1, 0.15) is 41.3 Å². The van der Waals surface area contributed by atoms with Crippen LogP contribution in [0.3, 0.4) is 0 Å². The number of likely N-dealkylation sites (N-methyl/N-ethyl adjacent to an activating group) is 1. The van der Waals surface area contributed by atoms with Crippen molar-refractivity contribution < 1.29 is 31.4 Å². The molecule has 3 aliphatic heterocycles. The largest absolute Gasteiger partial charge is 0.474 e. The number of nitrogens with zero attached hydrogens (tertiary/aromatic N) is 5. The molecule has 1 aliphatic carbocycles. The Morgan fingerprint density at radius 2 is 2.04 bits per heavy atom. The lowest BCUT2D eigenvalue weighted by atomic mass is 9.95. The molecule has 9 nitrogen and oxygen atoms in total. The van der Waals surface area contributed by atoms with E-state index in [2.05, 4.69) is 20.2 Å². The van der Waals surface area contributed by atoms with Gasteiger partial charge >= 0.3 is 12.2 Å². The van der Waals surface area contributed by atoms with E-state index in [1.54, 1.807) is 0 Å². The van der Waals surface area contributed by atoms with Crippen molar-refractivity contribution in [2.24, 2.45) is 0 Å². The fraction of sp³-hybridized carbons (Fsp3) is 0.567. The minimum Gasteiger partial charge on any atom is -0.474 e. The normalized spacial score (nSPS) is 26.2. The molecule has 2 unspecified atom stereocenters. The topological polar surface area (TPSA) is 102 Å². The Morgan fingerprint density at radius 3 is 2.82 bits per heavy atom. The second-order valence-corrected chi connectivity index (χ2v) is 12.8. The zero-order valence-corrected chi connectivity index (χ0v) is 25.3. The van der Waals surface area contributed by atoms with E-state index in [1.807, 2.05) is 11.9 Å². The summed E-state index contributed by atoms with van der Waals surface area (Å²) in [5, 5.41) is 2.59. The minimum atomic E-state index is -4.94. The van der Waals surface area contributed by atoms with Crippen LogP contribution in [0.1, 0.15) is 44.1 Å². The number of nitrogen functional groups attached to an aromatic ring is 1. The Balaban J connectivity index is 1.43. The van der Waals surface area contributed by atoms with Crippen LogP contribution in [0.4, 0.5) is 33.5 Å². The van der Waals surface area contributed by atoms with Gasteiger partial charge in [-0.1, -0.05) is 11.6 Å². The number of pyridine rings is 1. The number of fused-ring (bicyclic) bond motifs is 3. The molecule has 45 heavy (non-hydrogen) atoms. The average molecular weight is 654 g/mol. The van der Waals surface area contributed by atoms with Gasteiger partial charge in [0.05, 0.1) is 16.1 Å². The molecule has 2 saturated heterocycles. The van der Waals surface area contributed by atoms with Crippen molar-refractivity contribution >= 4 is 34.0 Å². The zero-order valence-electron chi connectivity index (χ0n) is 24.6. The van der Waals surface area contributed by atoms with Gasteiger partial charge in [-0.15, -0.1) is 0 Å². The minimum absolute atomic E-state index is 0.0146. The Morgan fingerprint density at radius 1 is 1.22 bits per heavy atom. The van der Waals surface area contributed by atoms with Gasteiger partial charge in [-0.2, -0.15) is 23.1 Å². The number of ether oxygens (including phenoxy) is 2. The molecule has 1 saturated carbocycles. The first-order valence-electron chi connectivity index (χ1n) is 15.1. The summed E-state index contributed by atoms with van der Waals surface area (Å²) in [5.74, 6) is -0.878. The van der Waals surface area contributed by atoms with Crippen molar-refractivity contribution in [3.63, 3.8) is 0 Å². The smallest absolute Gasteiger partial charge is 0.418 e. The number of halogens is 6. The summed E-state index contributed by atoms with van der Waals surface area (Å²) in [6.45, 7) is 2.25. The molecule has 15 heteroatoms. The maximum Gasteiger partial charge on any atom is 0.418 e. The SMILES string of the molecule is CNCCN1c2nc(OC[C@@]34CCCN3C[C@H](F)C4)nc3c(F)c(-c4cc(N)cc(Cl)c4C(F)(F)F)nc(c23)OC2CCC1C2. The van der Waals surface area contributed by atoms with Crippen LogP contribution in [0.5, 0.6) is 11.9 Å². The molecule has 7 rings (SSSR count). The molecule has 3 N–H and O–H groups in total. The van der Waals surface area contributed by atoms with E-state index in [0.29, 0.717) is 44.7 Å². The molecule has 0 spiro atoms. The highest BCUT2D eigenvalue weighted by Crippen LogP contribution is 2.48. The summed E-state index contributed by atoms with van der Waals surface area (Å²) in [6.07, 6.45) is -2.22. The summed E-state index contributed by atoms with van der Waals surface area (Å²) in [6, 6.07) is 1.81. The number of hydrogen-bond donors (Lipinski definition) is 2. The number of nitrogens with two attached hydrogens (primary N) is 1. The summed E-state index contributed by atoms with van der Waals surface area (Å²) in [7, 11) is 1.82. The highest BCUT2D eigenvalue weighted by molar-refractivity contribution is 6.32. The van der Waals surface area contributed by atoms with Crippen LogP contribution in [0.15, 0.2) is 12.1 Å². The Kier molecular flexibility index (Phi) is 7.59. The first-order chi connectivity index (χ1) is 21.5. The molecule has 4 atom stereocenters. The highest BCUT2D eigenvalue weighted by atomic mass is 35.5. The van der Waals surface area contributed by atoms with Gasteiger partial charge in [-0.3, -0.25) is 4.90 Å². The predicted octanol–water partition coefficient (Wildman–Crippen LogP) is 5.38. The first kappa shape index (κ1) is 30.4. The van der Waals surface area contributed by atoms with E-state index >= 15 is 4.39 Å². The predicted molar refractivity (Wildman–Crippen MR) is 159 cm³/mol. The number of alkyl halides is 4. The second kappa shape index (κ2) is 11.2. The first-order valence-corrected chi connectivity index (χ1v) is 15.5. The number of benzene rings is 1. The number of anilines is 2. The summed E-state index contributed by atoms with van der Waals surface area (Å²) in [5.41, 5.74) is 2.42. The maximum absolute atomic E-state index is 16.7. The van der Waals surface area contributed by atoms with Crippen molar-refractivity contribution in [1.82, 2.24) is 25.2 Å². The highest BCUT2D eigenvalue weighted by Gasteiger charge is 2.49. The van der Waals surface area contributed by atoms with Crippen LogP contribution < -0.4 is 25.4 Å². The number of hydrogen-bond acceptors (Lipinski definition) is 9. The van der Waals surface area contributed by atoms with Gasteiger partial charge in [0, 0.05) is 49.8 Å². The van der Waals surface area contributed by atoms with Gasteiger partial charge < -0.3 is 25.4 Å². The van der Waals surface area contributed by atoms with E-state index in [0.717, 1.165) is 37.9 Å². The van der Waals surface area contributed by atoms with Crippen LogP contribution in [0.2, 0.25) is 5.02 Å². The molecular formula is C30H33ClF5N7O2. The van der Waals surface area contributed by atoms with Crippen LogP contribution in [0.25, 0.3) is 22.2 Å². The maximum atomic E-state index is 16.7. The number of rotatable bonds is 7. The van der Waals surface area contributed by atoms with Gasteiger partial charge in [0.25, 0.3) is 0 Å². The lowest BCUT2D eigenvalue weighted by molar-refractivity contribution is -0.137. The quantitative estimate of drug-likeness (QED) is 0.257. The fourth-order valence-corrected chi connectivity index (χ4v) is 7.88. The number of nitrogens with one attached hydrogen (secondary N) is 1. The third kappa shape index (κ3) is 5.28. The van der Waals surface area contributed by atoms with E-state index < -0.39 is 45.5 Å². The second-order valence-electron chi connectivity index (χ2n) is 12.4. The lowest BCUT2D eigenvalue weighted by Crippen LogP contribution is -2.43. The Labute approximate surface area is 261 Å². The summed E-state index contributed by atoms with van der Waals surface area (Å²) in [4.78, 5) is 17.7. The molecule has 2 bridgehead atoms. The third-order valence-electron chi connectivity index (χ3n) is 9.55. The third-order valence-corrected chi connectivity index (χ3v) is 9.84. The standard InChI is InChI=1S/C30H33ClF5N7O2/c1-38-6-8-43-17-3-4-18(11-17)45-27-21-25(23(33)24(39-27)19-9-16(37)10-20(31)22(19)30(34,35)36)40-28(41-26(21)43)44-14-29-5-2-7-42(29)13-15(32)12-29/h9-10,15,17-18,38H,2-8,11-14,37H2,1H3/t15-,17?,18?,29+/m1/s1. The molecule has 2 aromatic heterocycles. The lowest BCUT2D eigenvalue weighted by Gasteiger charge is -2.34. The van der Waals surface area contributed by atoms with E-state index in [9.17, 15) is 17.6 Å². The van der Waals surface area contributed by atoms with E-state index in [4.69, 9.17) is 31.8 Å². The van der Waals surface area contributed by atoms with Gasteiger partial charge in [0.15, 0.2) is 5.82 Å². The molecule has 242 valence electrons. The van der Waals surface area contributed by atoms with E-state index in [-0.39, 0.29) is 47.2 Å². The summed E-state index contributed by atoms with van der Waals surface area (Å²) < 4.78 is 86.5. The van der Waals surface area contributed by atoms with Crippen molar-refractivity contribution in [2.75, 3.05) is 50.5 Å².